The van der Waals surface area contributed by atoms with E-state index in [0.29, 0.717) is 0 Å². The summed E-state index contributed by atoms with van der Waals surface area (Å²) in [6.07, 6.45) is -5.55. The van der Waals surface area contributed by atoms with Crippen molar-refractivity contribution in [2.24, 2.45) is 0 Å². The van der Waals surface area contributed by atoms with E-state index in [4.69, 9.17) is 66.9 Å². The van der Waals surface area contributed by atoms with Crippen molar-refractivity contribution in [3.63, 3.8) is 0 Å². The van der Waals surface area contributed by atoms with Crippen molar-refractivity contribution in [3.05, 3.63) is 144 Å². The maximum absolute atomic E-state index is 13.3. The number of benzene rings is 4. The third kappa shape index (κ3) is 12.6. The van der Waals surface area contributed by atoms with Gasteiger partial charge in [-0.15, -0.1) is 0 Å². The smallest absolute Gasteiger partial charge is 0.374 e. The van der Waals surface area contributed by atoms with Gasteiger partial charge in [-0.1, -0.05) is 156 Å². The lowest BCUT2D eigenvalue weighted by molar-refractivity contribution is -0.319. The van der Waals surface area contributed by atoms with Crippen LogP contribution in [0, 0.1) is 0 Å². The van der Waals surface area contributed by atoms with Crippen molar-refractivity contribution in [2.45, 2.75) is 60.9 Å². The molecule has 4 aromatic rings. The SMILES string of the molecule is O=S(=O)(OCC(Cl)(Cl)Cl)O[C@H]1[C@@H](OCc2ccccc2)[C@@H](COCc2ccccc2)O[C@@H](OCc2ccccc2)[C@@H]1OCc1ccccc1. The Morgan fingerprint density at radius 3 is 1.47 bits per heavy atom. The predicted octanol–water partition coefficient (Wildman–Crippen LogP) is 7.33. The van der Waals surface area contributed by atoms with Gasteiger partial charge in [0.25, 0.3) is 0 Å². The number of ether oxygens (including phenoxy) is 5. The van der Waals surface area contributed by atoms with Gasteiger partial charge in [-0.2, -0.15) is 8.42 Å². The molecule has 0 N–H and O–H groups in total. The fourth-order valence-corrected chi connectivity index (χ4v) is 6.32. The van der Waals surface area contributed by atoms with Gasteiger partial charge in [-0.3, -0.25) is 0 Å². The van der Waals surface area contributed by atoms with Crippen molar-refractivity contribution in [3.8, 4) is 0 Å². The first-order chi connectivity index (χ1) is 23.7. The van der Waals surface area contributed by atoms with Crippen LogP contribution in [0.2, 0.25) is 0 Å². The van der Waals surface area contributed by atoms with Crippen molar-refractivity contribution in [1.29, 1.82) is 0 Å². The summed E-state index contributed by atoms with van der Waals surface area (Å²) in [4.78, 5) is 0. The monoisotopic (exact) mass is 750 g/mol. The minimum absolute atomic E-state index is 0.000130. The normalized spacial score (nSPS) is 21.4. The molecule has 262 valence electrons. The summed E-state index contributed by atoms with van der Waals surface area (Å²) in [7, 11) is -4.79. The average Bonchev–Trinajstić information content (AvgIpc) is 3.10. The Labute approximate surface area is 302 Å². The Morgan fingerprint density at radius 1 is 0.571 bits per heavy atom. The first-order valence-electron chi connectivity index (χ1n) is 15.5. The highest BCUT2D eigenvalue weighted by Gasteiger charge is 2.51. The minimum atomic E-state index is -4.79. The summed E-state index contributed by atoms with van der Waals surface area (Å²) >= 11 is 17.4. The molecule has 0 spiro atoms. The molecule has 1 aliphatic heterocycles. The lowest BCUT2D eigenvalue weighted by Gasteiger charge is -2.45. The quantitative estimate of drug-likeness (QED) is 0.103. The van der Waals surface area contributed by atoms with Crippen LogP contribution in [0.5, 0.6) is 0 Å². The number of alkyl halides is 3. The van der Waals surface area contributed by atoms with Crippen LogP contribution in [0.3, 0.4) is 0 Å². The molecule has 9 nitrogen and oxygen atoms in total. The van der Waals surface area contributed by atoms with E-state index in [1.807, 2.05) is 121 Å². The van der Waals surface area contributed by atoms with E-state index in [0.717, 1.165) is 22.3 Å². The number of hydrogen-bond donors (Lipinski definition) is 0. The van der Waals surface area contributed by atoms with Crippen molar-refractivity contribution in [1.82, 2.24) is 0 Å². The molecule has 49 heavy (non-hydrogen) atoms. The van der Waals surface area contributed by atoms with Gasteiger partial charge in [0, 0.05) is 0 Å². The molecular weight excluding hydrogens is 715 g/mol. The van der Waals surface area contributed by atoms with E-state index in [9.17, 15) is 8.42 Å². The van der Waals surface area contributed by atoms with Crippen molar-refractivity contribution < 1.29 is 40.5 Å². The van der Waals surface area contributed by atoms with Crippen LogP contribution in [0.1, 0.15) is 22.3 Å². The Morgan fingerprint density at radius 2 is 1.00 bits per heavy atom. The van der Waals surface area contributed by atoms with Crippen molar-refractivity contribution >= 4 is 45.2 Å². The molecule has 0 amide bonds. The van der Waals surface area contributed by atoms with Crippen molar-refractivity contribution in [2.75, 3.05) is 13.2 Å². The number of halogens is 3. The number of rotatable bonds is 17. The maximum Gasteiger partial charge on any atom is 0.400 e. The summed E-state index contributed by atoms with van der Waals surface area (Å²) < 4.78 is 67.1. The van der Waals surface area contributed by atoms with E-state index < -0.39 is 51.5 Å². The molecule has 13 heteroatoms. The van der Waals surface area contributed by atoms with Crippen LogP contribution in [0.4, 0.5) is 0 Å². The molecule has 0 aromatic heterocycles. The van der Waals surface area contributed by atoms with Gasteiger partial charge in [-0.25, -0.2) is 8.37 Å². The molecule has 5 rings (SSSR count). The summed E-state index contributed by atoms with van der Waals surface area (Å²) in [6.45, 7) is -0.208. The van der Waals surface area contributed by atoms with E-state index in [1.165, 1.54) is 0 Å². The second-order valence-corrected chi connectivity index (χ2v) is 15.0. The largest absolute Gasteiger partial charge is 0.400 e. The highest BCUT2D eigenvalue weighted by Crippen LogP contribution is 2.33. The zero-order chi connectivity index (χ0) is 34.5. The molecular formula is C36H37Cl3O9S. The van der Waals surface area contributed by atoms with Gasteiger partial charge >= 0.3 is 10.4 Å². The van der Waals surface area contributed by atoms with Gasteiger partial charge in [-0.05, 0) is 22.3 Å². The Bertz CT molecular complexity index is 1630. The summed E-state index contributed by atoms with van der Waals surface area (Å²) in [5, 5.41) is 0. The first kappa shape index (κ1) is 37.7. The van der Waals surface area contributed by atoms with Crippen LogP contribution in [0.25, 0.3) is 0 Å². The van der Waals surface area contributed by atoms with Crippen LogP contribution in [0.15, 0.2) is 121 Å². The fourth-order valence-electron chi connectivity index (χ4n) is 5.09. The molecule has 0 saturated carbocycles. The maximum atomic E-state index is 13.3. The third-order valence-electron chi connectivity index (χ3n) is 7.41. The summed E-state index contributed by atoms with van der Waals surface area (Å²) in [5.74, 6) is 0. The number of hydrogen-bond acceptors (Lipinski definition) is 9. The van der Waals surface area contributed by atoms with Gasteiger partial charge in [0.2, 0.25) is 3.79 Å². The van der Waals surface area contributed by atoms with Crippen LogP contribution in [-0.2, 0) is 68.9 Å². The highest BCUT2D eigenvalue weighted by molar-refractivity contribution is 7.81. The molecule has 0 unspecified atom stereocenters. The predicted molar refractivity (Wildman–Crippen MR) is 186 cm³/mol. The van der Waals surface area contributed by atoms with E-state index in [1.54, 1.807) is 0 Å². The Kier molecular flexibility index (Phi) is 14.3. The van der Waals surface area contributed by atoms with E-state index in [-0.39, 0.29) is 33.0 Å². The lowest BCUT2D eigenvalue weighted by atomic mass is 9.98. The van der Waals surface area contributed by atoms with Crippen LogP contribution < -0.4 is 0 Å². The van der Waals surface area contributed by atoms with Gasteiger partial charge < -0.3 is 23.7 Å². The molecule has 0 bridgehead atoms. The fraction of sp³-hybridized carbons (Fsp3) is 0.333. The first-order valence-corrected chi connectivity index (χ1v) is 18.0. The summed E-state index contributed by atoms with van der Waals surface area (Å²) in [5.41, 5.74) is 3.47. The third-order valence-corrected chi connectivity index (χ3v) is 8.60. The molecule has 1 saturated heterocycles. The van der Waals surface area contributed by atoms with Gasteiger partial charge in [0.05, 0.1) is 33.0 Å². The van der Waals surface area contributed by atoms with E-state index in [2.05, 4.69) is 0 Å². The summed E-state index contributed by atoms with van der Waals surface area (Å²) in [6, 6.07) is 37.9. The van der Waals surface area contributed by atoms with Gasteiger partial charge in [0.1, 0.15) is 31.0 Å². The minimum Gasteiger partial charge on any atom is -0.374 e. The topological polar surface area (TPSA) is 98.8 Å². The van der Waals surface area contributed by atoms with Crippen LogP contribution >= 0.6 is 34.8 Å². The molecule has 1 aliphatic rings. The molecule has 1 fully saturated rings. The Balaban J connectivity index is 1.48. The molecule has 0 aliphatic carbocycles. The second-order valence-electron chi connectivity index (χ2n) is 11.2. The molecule has 5 atom stereocenters. The Hall–Kier alpha value is -2.58. The lowest BCUT2D eigenvalue weighted by Crippen LogP contribution is -2.62. The molecule has 0 radical (unpaired) electrons. The van der Waals surface area contributed by atoms with Gasteiger partial charge in [0.15, 0.2) is 6.29 Å². The zero-order valence-electron chi connectivity index (χ0n) is 26.4. The zero-order valence-corrected chi connectivity index (χ0v) is 29.5. The molecule has 4 aromatic carbocycles. The molecule has 1 heterocycles. The average molecular weight is 752 g/mol. The van der Waals surface area contributed by atoms with E-state index >= 15 is 0 Å². The second kappa shape index (κ2) is 18.6. The van der Waals surface area contributed by atoms with Crippen LogP contribution in [-0.4, -0.2) is 56.1 Å². The standard InChI is InChI=1S/C36H37Cl3O9S/c37-36(38,39)26-46-49(40,41)48-33-32(43-22-28-15-7-2-8-16-28)31(25-42-21-27-13-5-1-6-14-27)47-35(45-24-30-19-11-4-12-20-30)34(33)44-23-29-17-9-3-10-18-29/h1-20,31-35H,21-26H2/t31-,32+,33+,34-,35-/m1/s1. The highest BCUT2D eigenvalue weighted by atomic mass is 35.6.